The molecular formula is C17H20FN3O3. The van der Waals surface area contributed by atoms with Crippen molar-refractivity contribution in [1.82, 2.24) is 4.98 Å². The van der Waals surface area contributed by atoms with Gasteiger partial charge in [0.15, 0.2) is 5.82 Å². The van der Waals surface area contributed by atoms with Crippen molar-refractivity contribution in [3.05, 3.63) is 41.8 Å². The maximum absolute atomic E-state index is 14.2. The van der Waals surface area contributed by atoms with Gasteiger partial charge >= 0.3 is 6.09 Å². The van der Waals surface area contributed by atoms with Crippen molar-refractivity contribution in [3.8, 4) is 11.5 Å². The molecule has 0 saturated heterocycles. The number of hydrogen-bond acceptors (Lipinski definition) is 5. The van der Waals surface area contributed by atoms with Crippen LogP contribution < -0.4 is 15.8 Å². The summed E-state index contributed by atoms with van der Waals surface area (Å²) in [5.41, 5.74) is 5.57. The molecule has 3 N–H and O–H groups in total. The number of anilines is 2. The number of benzene rings is 1. The average Bonchev–Trinajstić information content (AvgIpc) is 2.42. The summed E-state index contributed by atoms with van der Waals surface area (Å²) in [5, 5.41) is 2.39. The molecule has 24 heavy (non-hydrogen) atoms. The van der Waals surface area contributed by atoms with Gasteiger partial charge in [-0.3, -0.25) is 5.32 Å². The number of nitrogens with zero attached hydrogens (tertiary/aromatic N) is 1. The zero-order valence-corrected chi connectivity index (χ0v) is 14.0. The minimum absolute atomic E-state index is 0.0170. The standard InChI is InChI=1S/C17H20FN3O3/c1-10-7-13(21-16(22)24-17(2,3)4)12(18)9-14(10)23-11-5-6-20-15(19)8-11/h5-9H,1-4H3,(H2,19,20)(H,21,22). The number of nitrogens with two attached hydrogens (primary N) is 1. The molecule has 0 saturated carbocycles. The molecule has 2 aromatic rings. The lowest BCUT2D eigenvalue weighted by atomic mass is 10.2. The number of aryl methyl sites for hydroxylation is 1. The van der Waals surface area contributed by atoms with E-state index in [0.29, 0.717) is 22.9 Å². The van der Waals surface area contributed by atoms with E-state index < -0.39 is 17.5 Å². The van der Waals surface area contributed by atoms with E-state index in [1.807, 2.05) is 0 Å². The third-order valence-electron chi connectivity index (χ3n) is 2.88. The highest BCUT2D eigenvalue weighted by Gasteiger charge is 2.18. The molecule has 1 heterocycles. The summed E-state index contributed by atoms with van der Waals surface area (Å²) in [6.45, 7) is 6.92. The number of carbonyl (C=O) groups excluding carboxylic acids is 1. The minimum atomic E-state index is -0.726. The Hall–Kier alpha value is -2.83. The summed E-state index contributed by atoms with van der Waals surface area (Å²) >= 11 is 0. The van der Waals surface area contributed by atoms with E-state index in [-0.39, 0.29) is 5.69 Å². The fourth-order valence-corrected chi connectivity index (χ4v) is 1.90. The molecule has 0 aliphatic heterocycles. The van der Waals surface area contributed by atoms with Gasteiger partial charge in [-0.1, -0.05) is 0 Å². The van der Waals surface area contributed by atoms with E-state index in [1.165, 1.54) is 24.4 Å². The van der Waals surface area contributed by atoms with Gasteiger partial charge in [0.05, 0.1) is 5.69 Å². The number of ether oxygens (including phenoxy) is 2. The zero-order chi connectivity index (χ0) is 17.9. The number of aromatic nitrogens is 1. The third kappa shape index (κ3) is 4.84. The summed E-state index contributed by atoms with van der Waals surface area (Å²) in [6.07, 6.45) is 0.769. The van der Waals surface area contributed by atoms with Crippen LogP contribution >= 0.6 is 0 Å². The Bertz CT molecular complexity index is 757. The summed E-state index contributed by atoms with van der Waals surface area (Å²) in [5.74, 6) is 0.419. The quantitative estimate of drug-likeness (QED) is 0.877. The Morgan fingerprint density at radius 1 is 1.29 bits per heavy atom. The minimum Gasteiger partial charge on any atom is -0.457 e. The first-order chi connectivity index (χ1) is 11.1. The van der Waals surface area contributed by atoms with Gasteiger partial charge in [0.1, 0.15) is 22.9 Å². The van der Waals surface area contributed by atoms with E-state index >= 15 is 0 Å². The third-order valence-corrected chi connectivity index (χ3v) is 2.88. The number of pyridine rings is 1. The van der Waals surface area contributed by atoms with Gasteiger partial charge in [-0.05, 0) is 45.4 Å². The number of nitrogen functional groups attached to an aromatic ring is 1. The molecule has 0 aliphatic rings. The molecule has 1 aromatic heterocycles. The maximum atomic E-state index is 14.2. The molecule has 0 unspecified atom stereocenters. The van der Waals surface area contributed by atoms with Crippen LogP contribution in [0.4, 0.5) is 20.7 Å². The molecule has 128 valence electrons. The van der Waals surface area contributed by atoms with Gasteiger partial charge in [-0.2, -0.15) is 0 Å². The molecule has 0 atom stereocenters. The molecule has 0 radical (unpaired) electrons. The Morgan fingerprint density at radius 3 is 2.62 bits per heavy atom. The van der Waals surface area contributed by atoms with Gasteiger partial charge in [0.25, 0.3) is 0 Å². The van der Waals surface area contributed by atoms with E-state index in [9.17, 15) is 9.18 Å². The Morgan fingerprint density at radius 2 is 2.00 bits per heavy atom. The van der Waals surface area contributed by atoms with Crippen LogP contribution in [0, 0.1) is 12.7 Å². The van der Waals surface area contributed by atoms with Crippen molar-refractivity contribution in [2.75, 3.05) is 11.1 Å². The molecule has 0 spiro atoms. The fraction of sp³-hybridized carbons (Fsp3) is 0.294. The molecule has 7 heteroatoms. The second-order valence-corrected chi connectivity index (χ2v) is 6.24. The van der Waals surface area contributed by atoms with Crippen LogP contribution in [0.25, 0.3) is 0 Å². The van der Waals surface area contributed by atoms with Crippen LogP contribution in [0.15, 0.2) is 30.5 Å². The largest absolute Gasteiger partial charge is 0.457 e. The van der Waals surface area contributed by atoms with Crippen molar-refractivity contribution in [3.63, 3.8) is 0 Å². The monoisotopic (exact) mass is 333 g/mol. The highest BCUT2D eigenvalue weighted by molar-refractivity contribution is 5.85. The Balaban J connectivity index is 2.17. The first-order valence-corrected chi connectivity index (χ1v) is 7.33. The molecule has 0 fully saturated rings. The summed E-state index contributed by atoms with van der Waals surface area (Å²) in [6, 6.07) is 5.81. The van der Waals surface area contributed by atoms with Gasteiger partial charge in [0, 0.05) is 18.3 Å². The van der Waals surface area contributed by atoms with Crippen LogP contribution in [0.5, 0.6) is 11.5 Å². The maximum Gasteiger partial charge on any atom is 0.412 e. The molecule has 1 aromatic carbocycles. The van der Waals surface area contributed by atoms with Gasteiger partial charge in [-0.25, -0.2) is 14.2 Å². The molecule has 6 nitrogen and oxygen atoms in total. The molecule has 1 amide bonds. The molecule has 0 aliphatic carbocycles. The van der Waals surface area contributed by atoms with Crippen molar-refractivity contribution < 1.29 is 18.7 Å². The normalized spacial score (nSPS) is 11.0. The number of amides is 1. The summed E-state index contributed by atoms with van der Waals surface area (Å²) < 4.78 is 24.9. The number of halogens is 1. The second kappa shape index (κ2) is 6.74. The topological polar surface area (TPSA) is 86.5 Å². The van der Waals surface area contributed by atoms with Crippen LogP contribution in [-0.4, -0.2) is 16.7 Å². The van der Waals surface area contributed by atoms with Crippen molar-refractivity contribution in [2.45, 2.75) is 33.3 Å². The molecule has 2 rings (SSSR count). The highest BCUT2D eigenvalue weighted by atomic mass is 19.1. The van der Waals surface area contributed by atoms with Crippen LogP contribution in [0.2, 0.25) is 0 Å². The number of rotatable bonds is 3. The SMILES string of the molecule is Cc1cc(NC(=O)OC(C)(C)C)c(F)cc1Oc1ccnc(N)c1. The predicted octanol–water partition coefficient (Wildman–Crippen LogP) is 4.25. The Kier molecular flexibility index (Phi) is 4.92. The summed E-state index contributed by atoms with van der Waals surface area (Å²) in [7, 11) is 0. The van der Waals surface area contributed by atoms with Crippen LogP contribution in [0.1, 0.15) is 26.3 Å². The van der Waals surface area contributed by atoms with E-state index in [2.05, 4.69) is 10.3 Å². The first kappa shape index (κ1) is 17.5. The van der Waals surface area contributed by atoms with Crippen LogP contribution in [-0.2, 0) is 4.74 Å². The van der Waals surface area contributed by atoms with Crippen molar-refractivity contribution in [1.29, 1.82) is 0 Å². The van der Waals surface area contributed by atoms with E-state index in [1.54, 1.807) is 33.8 Å². The molecular weight excluding hydrogens is 313 g/mol. The van der Waals surface area contributed by atoms with Crippen LogP contribution in [0.3, 0.4) is 0 Å². The highest BCUT2D eigenvalue weighted by Crippen LogP contribution is 2.30. The second-order valence-electron chi connectivity index (χ2n) is 6.24. The number of hydrogen-bond donors (Lipinski definition) is 2. The zero-order valence-electron chi connectivity index (χ0n) is 14.0. The van der Waals surface area contributed by atoms with Gasteiger partial charge in [-0.15, -0.1) is 0 Å². The van der Waals surface area contributed by atoms with Crippen molar-refractivity contribution >= 4 is 17.6 Å². The fourth-order valence-electron chi connectivity index (χ4n) is 1.90. The smallest absolute Gasteiger partial charge is 0.412 e. The van der Waals surface area contributed by atoms with E-state index in [0.717, 1.165) is 0 Å². The predicted molar refractivity (Wildman–Crippen MR) is 89.7 cm³/mol. The first-order valence-electron chi connectivity index (χ1n) is 7.33. The van der Waals surface area contributed by atoms with E-state index in [4.69, 9.17) is 15.2 Å². The number of nitrogens with one attached hydrogen (secondary N) is 1. The lowest BCUT2D eigenvalue weighted by Crippen LogP contribution is -2.27. The Labute approximate surface area is 139 Å². The van der Waals surface area contributed by atoms with Crippen molar-refractivity contribution in [2.24, 2.45) is 0 Å². The lowest BCUT2D eigenvalue weighted by molar-refractivity contribution is 0.0635. The average molecular weight is 333 g/mol. The van der Waals surface area contributed by atoms with Gasteiger partial charge in [0.2, 0.25) is 0 Å². The van der Waals surface area contributed by atoms with Gasteiger partial charge < -0.3 is 15.2 Å². The molecule has 0 bridgehead atoms. The lowest BCUT2D eigenvalue weighted by Gasteiger charge is -2.20. The summed E-state index contributed by atoms with van der Waals surface area (Å²) in [4.78, 5) is 15.6. The number of carbonyl (C=O) groups is 1.